The summed E-state index contributed by atoms with van der Waals surface area (Å²) in [6, 6.07) is 26.4. The molecule has 8 heteroatoms. The highest BCUT2D eigenvalue weighted by Crippen LogP contribution is 2.33. The smallest absolute Gasteiger partial charge is 0.386 e. The lowest BCUT2D eigenvalue weighted by Crippen LogP contribution is -2.49. The van der Waals surface area contributed by atoms with Crippen LogP contribution in [0.15, 0.2) is 99.6 Å². The Balaban J connectivity index is 1.82. The van der Waals surface area contributed by atoms with E-state index in [0.29, 0.717) is 0 Å². The molecule has 2 unspecified atom stereocenters. The molecule has 3 aromatic rings. The van der Waals surface area contributed by atoms with Crippen molar-refractivity contribution in [2.75, 3.05) is 0 Å². The predicted octanol–water partition coefficient (Wildman–Crippen LogP) is 6.71. The summed E-state index contributed by atoms with van der Waals surface area (Å²) >= 11 is 1.77. The summed E-state index contributed by atoms with van der Waals surface area (Å²) in [6.07, 6.45) is -1.93. The Morgan fingerprint density at radius 2 is 1.26 bits per heavy atom. The molecule has 35 heavy (non-hydrogen) atoms. The summed E-state index contributed by atoms with van der Waals surface area (Å²) in [6.45, 7) is 4.44. The minimum Gasteiger partial charge on any atom is -0.454 e. The zero-order valence-electron chi connectivity index (χ0n) is 19.5. The summed E-state index contributed by atoms with van der Waals surface area (Å²) in [7, 11) is -0.424. The molecule has 0 bridgehead atoms. The maximum absolute atomic E-state index is 14.9. The van der Waals surface area contributed by atoms with Crippen molar-refractivity contribution in [2.45, 2.75) is 51.4 Å². The Morgan fingerprint density at radius 1 is 0.800 bits per heavy atom. The highest BCUT2D eigenvalue weighted by Gasteiger charge is 2.53. The quantitative estimate of drug-likeness (QED) is 0.0888. The Bertz CT molecular complexity index is 1080. The molecule has 0 heterocycles. The lowest BCUT2D eigenvalue weighted by atomic mass is 10.0. The Labute approximate surface area is 220 Å². The first-order valence-corrected chi connectivity index (χ1v) is 13.5. The molecule has 0 N–H and O–H groups in total. The molecule has 4 nitrogen and oxygen atoms in total. The van der Waals surface area contributed by atoms with E-state index in [0.717, 1.165) is 14.7 Å². The van der Waals surface area contributed by atoms with Gasteiger partial charge in [-0.1, -0.05) is 72.8 Å². The molecular formula is C27H26F2IO4S+. The van der Waals surface area contributed by atoms with E-state index < -0.39 is 44.7 Å². The van der Waals surface area contributed by atoms with Gasteiger partial charge in [0.25, 0.3) is 0 Å². The summed E-state index contributed by atoms with van der Waals surface area (Å²) < 4.78 is 39.2. The second-order valence-electron chi connectivity index (χ2n) is 8.13. The Hall–Kier alpha value is -2.46. The first-order chi connectivity index (χ1) is 16.6. The number of hydrogen-bond acceptors (Lipinski definition) is 4. The highest BCUT2D eigenvalue weighted by molar-refractivity contribution is 14.1. The van der Waals surface area contributed by atoms with Crippen LogP contribution >= 0.6 is 22.6 Å². The van der Waals surface area contributed by atoms with E-state index >= 15 is 0 Å². The standard InChI is InChI=1S/C27H26F2IO4S/c1-18(2)24(34-25(31)19(3)30)27(28,29)26(32)33-20-14-16-23(17-15-20)35(21-10-6-4-7-11-21)22-12-8-5-9-13-22/h4-19,24H,1-3H3/q+1. The van der Waals surface area contributed by atoms with Crippen LogP contribution in [0.4, 0.5) is 8.78 Å². The van der Waals surface area contributed by atoms with Gasteiger partial charge in [0.15, 0.2) is 20.8 Å². The fourth-order valence-electron chi connectivity index (χ4n) is 3.30. The van der Waals surface area contributed by atoms with Crippen LogP contribution in [0, 0.1) is 5.92 Å². The predicted molar refractivity (Wildman–Crippen MR) is 140 cm³/mol. The van der Waals surface area contributed by atoms with Crippen LogP contribution in [-0.2, 0) is 25.2 Å². The lowest BCUT2D eigenvalue weighted by molar-refractivity contribution is -0.196. The Kier molecular flexibility index (Phi) is 9.29. The van der Waals surface area contributed by atoms with Crippen LogP contribution in [0.1, 0.15) is 20.8 Å². The van der Waals surface area contributed by atoms with E-state index in [2.05, 4.69) is 0 Å². The minimum atomic E-state index is -4.01. The lowest BCUT2D eigenvalue weighted by Gasteiger charge is -2.28. The number of alkyl halides is 3. The average Bonchev–Trinajstić information content (AvgIpc) is 2.84. The number of esters is 2. The fraction of sp³-hybridized carbons (Fsp3) is 0.259. The number of rotatable bonds is 9. The molecule has 0 aliphatic carbocycles. The third-order valence-corrected chi connectivity index (χ3v) is 7.77. The van der Waals surface area contributed by atoms with Crippen molar-refractivity contribution in [1.29, 1.82) is 0 Å². The van der Waals surface area contributed by atoms with Gasteiger partial charge in [-0.15, -0.1) is 0 Å². The molecule has 0 fully saturated rings. The van der Waals surface area contributed by atoms with E-state index in [9.17, 15) is 18.4 Å². The molecule has 2 atom stereocenters. The van der Waals surface area contributed by atoms with Gasteiger partial charge in [-0.05, 0) is 61.4 Å². The van der Waals surface area contributed by atoms with Crippen LogP contribution in [0.25, 0.3) is 0 Å². The number of halogens is 3. The molecule has 0 aliphatic heterocycles. The normalized spacial score (nSPS) is 13.4. The van der Waals surface area contributed by atoms with Crippen molar-refractivity contribution in [2.24, 2.45) is 5.92 Å². The molecule has 0 saturated heterocycles. The molecule has 184 valence electrons. The van der Waals surface area contributed by atoms with Crippen molar-refractivity contribution in [1.82, 2.24) is 0 Å². The number of carbonyl (C=O) groups excluding carboxylic acids is 2. The SMILES string of the molecule is CC(I)C(=O)OC(C(C)C)C(F)(F)C(=O)Oc1ccc([S+](c2ccccc2)c2ccccc2)cc1. The molecule has 0 aliphatic rings. The first-order valence-electron chi connectivity index (χ1n) is 11.0. The summed E-state index contributed by atoms with van der Waals surface area (Å²) in [5.74, 6) is -7.39. The van der Waals surface area contributed by atoms with Crippen molar-refractivity contribution in [3.05, 3.63) is 84.9 Å². The second kappa shape index (κ2) is 12.0. The van der Waals surface area contributed by atoms with Gasteiger partial charge in [-0.25, -0.2) is 4.79 Å². The van der Waals surface area contributed by atoms with Gasteiger partial charge in [0.1, 0.15) is 9.67 Å². The fourth-order valence-corrected chi connectivity index (χ4v) is 5.53. The molecule has 0 radical (unpaired) electrons. The number of hydrogen-bond donors (Lipinski definition) is 0. The van der Waals surface area contributed by atoms with Gasteiger partial charge in [0, 0.05) is 0 Å². The van der Waals surface area contributed by atoms with E-state index in [1.165, 1.54) is 32.9 Å². The first kappa shape index (κ1) is 27.1. The van der Waals surface area contributed by atoms with Crippen molar-refractivity contribution in [3.8, 4) is 5.75 Å². The van der Waals surface area contributed by atoms with Gasteiger partial charge < -0.3 is 9.47 Å². The zero-order chi connectivity index (χ0) is 25.6. The highest BCUT2D eigenvalue weighted by atomic mass is 127. The molecular weight excluding hydrogens is 585 g/mol. The minimum absolute atomic E-state index is 0.0146. The second-order valence-corrected chi connectivity index (χ2v) is 12.0. The van der Waals surface area contributed by atoms with E-state index in [1.54, 1.807) is 34.7 Å². The molecule has 0 saturated carbocycles. The van der Waals surface area contributed by atoms with Crippen molar-refractivity contribution in [3.63, 3.8) is 0 Å². The molecule has 0 spiro atoms. The number of carbonyl (C=O) groups is 2. The maximum atomic E-state index is 14.9. The van der Waals surface area contributed by atoms with Crippen LogP contribution in [0.2, 0.25) is 0 Å². The average molecular weight is 611 g/mol. The van der Waals surface area contributed by atoms with Crippen LogP contribution in [0.3, 0.4) is 0 Å². The third-order valence-electron chi connectivity index (χ3n) is 5.03. The van der Waals surface area contributed by atoms with E-state index in [-0.39, 0.29) is 5.75 Å². The summed E-state index contributed by atoms with van der Waals surface area (Å²) in [5, 5.41) is 0. The van der Waals surface area contributed by atoms with Gasteiger partial charge >= 0.3 is 17.9 Å². The van der Waals surface area contributed by atoms with E-state index in [1.807, 2.05) is 60.7 Å². The monoisotopic (exact) mass is 611 g/mol. The number of benzene rings is 3. The zero-order valence-corrected chi connectivity index (χ0v) is 22.5. The largest absolute Gasteiger partial charge is 0.454 e. The maximum Gasteiger partial charge on any atom is 0.386 e. The van der Waals surface area contributed by atoms with E-state index in [4.69, 9.17) is 9.47 Å². The molecule has 0 amide bonds. The van der Waals surface area contributed by atoms with Crippen LogP contribution < -0.4 is 4.74 Å². The Morgan fingerprint density at radius 3 is 1.69 bits per heavy atom. The van der Waals surface area contributed by atoms with Crippen LogP contribution in [0.5, 0.6) is 5.75 Å². The van der Waals surface area contributed by atoms with Crippen molar-refractivity contribution >= 4 is 45.4 Å². The molecule has 3 aromatic carbocycles. The molecule has 3 rings (SSSR count). The summed E-state index contributed by atoms with van der Waals surface area (Å²) in [5.41, 5.74) is 0. The summed E-state index contributed by atoms with van der Waals surface area (Å²) in [4.78, 5) is 27.5. The van der Waals surface area contributed by atoms with Crippen LogP contribution in [-0.4, -0.2) is 27.9 Å². The molecule has 0 aromatic heterocycles. The topological polar surface area (TPSA) is 52.6 Å². The third kappa shape index (κ3) is 6.82. The van der Waals surface area contributed by atoms with Gasteiger partial charge in [0.05, 0.1) is 10.9 Å². The van der Waals surface area contributed by atoms with Gasteiger partial charge in [-0.2, -0.15) is 8.78 Å². The van der Waals surface area contributed by atoms with Crippen molar-refractivity contribution < 1.29 is 27.8 Å². The van der Waals surface area contributed by atoms with Gasteiger partial charge in [-0.3, -0.25) is 4.79 Å². The number of ether oxygens (including phenoxy) is 2. The van der Waals surface area contributed by atoms with Gasteiger partial charge in [0.2, 0.25) is 0 Å².